The summed E-state index contributed by atoms with van der Waals surface area (Å²) in [6.45, 7) is 6.14. The minimum atomic E-state index is -0.0963. The van der Waals surface area contributed by atoms with Crippen molar-refractivity contribution in [2.45, 2.75) is 26.8 Å². The third kappa shape index (κ3) is 4.61. The van der Waals surface area contributed by atoms with Gasteiger partial charge in [-0.15, -0.1) is 0 Å². The molecule has 1 atom stereocenters. The zero-order valence-electron chi connectivity index (χ0n) is 12.8. The van der Waals surface area contributed by atoms with Gasteiger partial charge in [0.1, 0.15) is 0 Å². The van der Waals surface area contributed by atoms with E-state index < -0.39 is 0 Å². The van der Waals surface area contributed by atoms with E-state index in [-0.39, 0.29) is 11.9 Å². The van der Waals surface area contributed by atoms with E-state index in [0.29, 0.717) is 17.4 Å². The highest BCUT2D eigenvalue weighted by Gasteiger charge is 2.08. The van der Waals surface area contributed by atoms with E-state index in [9.17, 15) is 4.79 Å². The van der Waals surface area contributed by atoms with Crippen LogP contribution >= 0.6 is 0 Å². The Balaban J connectivity index is 2.73. The van der Waals surface area contributed by atoms with Gasteiger partial charge in [0, 0.05) is 12.1 Å². The zero-order chi connectivity index (χ0) is 15.1. The molecule has 4 nitrogen and oxygen atoms in total. The maximum absolute atomic E-state index is 11.8. The Kier molecular flexibility index (Phi) is 6.10. The van der Waals surface area contributed by atoms with Gasteiger partial charge in [0.15, 0.2) is 11.5 Å². The number of nitrogens with one attached hydrogen (secondary N) is 1. The van der Waals surface area contributed by atoms with Crippen LogP contribution in [0.4, 0.5) is 0 Å². The van der Waals surface area contributed by atoms with Crippen LogP contribution in [0.25, 0.3) is 6.08 Å². The van der Waals surface area contributed by atoms with Crippen LogP contribution in [-0.4, -0.2) is 26.2 Å². The highest BCUT2D eigenvalue weighted by molar-refractivity contribution is 5.92. The molecule has 0 aromatic heterocycles. The van der Waals surface area contributed by atoms with Crippen LogP contribution in [0.2, 0.25) is 0 Å². The van der Waals surface area contributed by atoms with Gasteiger partial charge in [-0.2, -0.15) is 0 Å². The molecule has 1 unspecified atom stereocenters. The lowest BCUT2D eigenvalue weighted by atomic mass is 10.1. The SMILES string of the molecule is COc1ccc(/C=C/C(=O)NC(C)C(C)C)cc1OC. The molecule has 1 aromatic rings. The summed E-state index contributed by atoms with van der Waals surface area (Å²) in [5.41, 5.74) is 0.884. The molecule has 0 fully saturated rings. The highest BCUT2D eigenvalue weighted by atomic mass is 16.5. The van der Waals surface area contributed by atoms with Crippen LogP contribution in [0.1, 0.15) is 26.3 Å². The fourth-order valence-electron chi connectivity index (χ4n) is 1.57. The summed E-state index contributed by atoms with van der Waals surface area (Å²) in [6.07, 6.45) is 3.28. The second-order valence-corrected chi connectivity index (χ2v) is 4.99. The molecular weight excluding hydrogens is 254 g/mol. The van der Waals surface area contributed by atoms with E-state index in [2.05, 4.69) is 19.2 Å². The topological polar surface area (TPSA) is 47.6 Å². The van der Waals surface area contributed by atoms with Crippen molar-refractivity contribution in [3.05, 3.63) is 29.8 Å². The van der Waals surface area contributed by atoms with Crippen molar-refractivity contribution in [1.82, 2.24) is 5.32 Å². The van der Waals surface area contributed by atoms with E-state index in [1.54, 1.807) is 20.3 Å². The predicted molar refractivity (Wildman–Crippen MR) is 81.0 cm³/mol. The van der Waals surface area contributed by atoms with Crippen LogP contribution in [0.15, 0.2) is 24.3 Å². The number of hydrogen-bond acceptors (Lipinski definition) is 3. The van der Waals surface area contributed by atoms with Gasteiger partial charge in [0.25, 0.3) is 0 Å². The van der Waals surface area contributed by atoms with Crippen molar-refractivity contribution in [2.24, 2.45) is 5.92 Å². The van der Waals surface area contributed by atoms with Crippen molar-refractivity contribution in [3.63, 3.8) is 0 Å². The van der Waals surface area contributed by atoms with Crippen molar-refractivity contribution in [3.8, 4) is 11.5 Å². The first-order valence-electron chi connectivity index (χ1n) is 6.68. The normalized spacial score (nSPS) is 12.5. The quantitative estimate of drug-likeness (QED) is 0.813. The van der Waals surface area contributed by atoms with Gasteiger partial charge in [-0.05, 0) is 36.6 Å². The summed E-state index contributed by atoms with van der Waals surface area (Å²) < 4.78 is 10.4. The van der Waals surface area contributed by atoms with E-state index >= 15 is 0 Å². The summed E-state index contributed by atoms with van der Waals surface area (Å²) in [7, 11) is 3.18. The molecule has 0 bridgehead atoms. The van der Waals surface area contributed by atoms with Crippen molar-refractivity contribution >= 4 is 12.0 Å². The standard InChI is InChI=1S/C16H23NO3/c1-11(2)12(3)17-16(18)9-7-13-6-8-14(19-4)15(10-13)20-5/h6-12H,1-5H3,(H,17,18)/b9-7+. The Labute approximate surface area is 120 Å². The zero-order valence-corrected chi connectivity index (χ0v) is 12.8. The first-order chi connectivity index (χ1) is 9.47. The molecule has 0 saturated heterocycles. The highest BCUT2D eigenvalue weighted by Crippen LogP contribution is 2.27. The lowest BCUT2D eigenvalue weighted by molar-refractivity contribution is -0.117. The van der Waals surface area contributed by atoms with Gasteiger partial charge in [-0.1, -0.05) is 19.9 Å². The van der Waals surface area contributed by atoms with Crippen LogP contribution in [-0.2, 0) is 4.79 Å². The van der Waals surface area contributed by atoms with E-state index in [1.807, 2.05) is 25.1 Å². The number of carbonyl (C=O) groups is 1. The van der Waals surface area contributed by atoms with Gasteiger partial charge in [0.2, 0.25) is 5.91 Å². The van der Waals surface area contributed by atoms with Crippen LogP contribution in [0.5, 0.6) is 11.5 Å². The smallest absolute Gasteiger partial charge is 0.244 e. The number of hydrogen-bond donors (Lipinski definition) is 1. The Bertz CT molecular complexity index is 481. The second-order valence-electron chi connectivity index (χ2n) is 4.99. The van der Waals surface area contributed by atoms with Crippen LogP contribution < -0.4 is 14.8 Å². The van der Waals surface area contributed by atoms with Crippen LogP contribution in [0, 0.1) is 5.92 Å². The van der Waals surface area contributed by atoms with Crippen LogP contribution in [0.3, 0.4) is 0 Å². The largest absolute Gasteiger partial charge is 0.493 e. The van der Waals surface area contributed by atoms with E-state index in [4.69, 9.17) is 9.47 Å². The second kappa shape index (κ2) is 7.58. The molecule has 0 aliphatic heterocycles. The maximum atomic E-state index is 11.8. The molecular formula is C16H23NO3. The molecule has 1 amide bonds. The molecule has 20 heavy (non-hydrogen) atoms. The monoisotopic (exact) mass is 277 g/mol. The molecule has 1 rings (SSSR count). The molecule has 0 radical (unpaired) electrons. The summed E-state index contributed by atoms with van der Waals surface area (Å²) in [5, 5.41) is 2.92. The minimum Gasteiger partial charge on any atom is -0.493 e. The lowest BCUT2D eigenvalue weighted by Gasteiger charge is -2.15. The third-order valence-corrected chi connectivity index (χ3v) is 3.20. The Morgan fingerprint density at radius 1 is 1.15 bits per heavy atom. The fourth-order valence-corrected chi connectivity index (χ4v) is 1.57. The molecule has 0 saturated carbocycles. The van der Waals surface area contributed by atoms with Gasteiger partial charge >= 0.3 is 0 Å². The minimum absolute atomic E-state index is 0.0963. The summed E-state index contributed by atoms with van der Waals surface area (Å²) in [5.74, 6) is 1.63. The van der Waals surface area contributed by atoms with Crippen molar-refractivity contribution < 1.29 is 14.3 Å². The van der Waals surface area contributed by atoms with Gasteiger partial charge < -0.3 is 14.8 Å². The number of carbonyl (C=O) groups excluding carboxylic acids is 1. The average Bonchev–Trinajstić information content (AvgIpc) is 2.44. The average molecular weight is 277 g/mol. The number of rotatable bonds is 6. The van der Waals surface area contributed by atoms with E-state index in [0.717, 1.165) is 5.56 Å². The van der Waals surface area contributed by atoms with Gasteiger partial charge in [0.05, 0.1) is 14.2 Å². The number of amides is 1. The van der Waals surface area contributed by atoms with Crippen molar-refractivity contribution in [1.29, 1.82) is 0 Å². The number of benzene rings is 1. The molecule has 0 heterocycles. The molecule has 110 valence electrons. The lowest BCUT2D eigenvalue weighted by Crippen LogP contribution is -2.34. The molecule has 1 N–H and O–H groups in total. The first kappa shape index (κ1) is 16.1. The molecule has 4 heteroatoms. The third-order valence-electron chi connectivity index (χ3n) is 3.20. The Morgan fingerprint density at radius 2 is 1.80 bits per heavy atom. The van der Waals surface area contributed by atoms with Crippen molar-refractivity contribution in [2.75, 3.05) is 14.2 Å². The van der Waals surface area contributed by atoms with Gasteiger partial charge in [-0.25, -0.2) is 0 Å². The van der Waals surface area contributed by atoms with Gasteiger partial charge in [-0.3, -0.25) is 4.79 Å². The Morgan fingerprint density at radius 3 is 2.35 bits per heavy atom. The summed E-state index contributed by atoms with van der Waals surface area (Å²) >= 11 is 0. The molecule has 0 spiro atoms. The van der Waals surface area contributed by atoms with E-state index in [1.165, 1.54) is 6.08 Å². The number of ether oxygens (including phenoxy) is 2. The Hall–Kier alpha value is -1.97. The summed E-state index contributed by atoms with van der Waals surface area (Å²) in [4.78, 5) is 11.8. The molecule has 0 aliphatic rings. The maximum Gasteiger partial charge on any atom is 0.244 e. The molecule has 1 aromatic carbocycles. The molecule has 0 aliphatic carbocycles. The predicted octanol–water partition coefficient (Wildman–Crippen LogP) is 2.88. The first-order valence-corrected chi connectivity index (χ1v) is 6.68. The number of methoxy groups -OCH3 is 2. The fraction of sp³-hybridized carbons (Fsp3) is 0.438. The summed E-state index contributed by atoms with van der Waals surface area (Å²) in [6, 6.07) is 5.66.